The zero-order valence-corrected chi connectivity index (χ0v) is 11.7. The van der Waals surface area contributed by atoms with Crippen molar-refractivity contribution in [3.63, 3.8) is 0 Å². The second-order valence-corrected chi connectivity index (χ2v) is 5.69. The van der Waals surface area contributed by atoms with Crippen LogP contribution in [0.25, 0.3) is 0 Å². The fraction of sp³-hybridized carbons (Fsp3) is 0.909. The van der Waals surface area contributed by atoms with E-state index in [4.69, 9.17) is 19.3 Å². The molecule has 0 saturated heterocycles. The smallest absolute Gasteiger partial charge is 0.304 e. The number of hydrogen-bond donors (Lipinski definition) is 1. The Kier molecular flexibility index (Phi) is 11.3. The Morgan fingerprint density at radius 1 is 1.17 bits per heavy atom. The average Bonchev–Trinajstić information content (AvgIpc) is 2.31. The first-order chi connectivity index (χ1) is 8.57. The molecular weight excluding hydrogens is 260 g/mol. The highest BCUT2D eigenvalue weighted by atomic mass is 32.2. The van der Waals surface area contributed by atoms with E-state index in [0.717, 1.165) is 0 Å². The number of carbonyl (C=O) groups is 1. The van der Waals surface area contributed by atoms with Crippen LogP contribution in [0.4, 0.5) is 0 Å². The first kappa shape index (κ1) is 17.5. The van der Waals surface area contributed by atoms with Gasteiger partial charge < -0.3 is 19.3 Å². The summed E-state index contributed by atoms with van der Waals surface area (Å²) < 4.78 is 26.8. The lowest BCUT2D eigenvalue weighted by Crippen LogP contribution is -2.21. The summed E-state index contributed by atoms with van der Waals surface area (Å²) in [4.78, 5) is 10.4. The lowest BCUT2D eigenvalue weighted by molar-refractivity contribution is -0.136. The summed E-state index contributed by atoms with van der Waals surface area (Å²) in [5.41, 5.74) is 0. The Bertz CT molecular complexity index is 246. The van der Waals surface area contributed by atoms with E-state index in [1.165, 1.54) is 0 Å². The Hall–Kier alpha value is -0.500. The second-order valence-electron chi connectivity index (χ2n) is 3.71. The van der Waals surface area contributed by atoms with Gasteiger partial charge in [0.15, 0.2) is 0 Å². The van der Waals surface area contributed by atoms with Crippen LogP contribution in [0, 0.1) is 0 Å². The van der Waals surface area contributed by atoms with Crippen molar-refractivity contribution in [2.75, 3.05) is 45.9 Å². The molecule has 0 saturated carbocycles. The highest BCUT2D eigenvalue weighted by Gasteiger charge is 2.14. The van der Waals surface area contributed by atoms with Crippen LogP contribution in [0.1, 0.15) is 13.3 Å². The fourth-order valence-electron chi connectivity index (χ4n) is 1.15. The van der Waals surface area contributed by atoms with Crippen molar-refractivity contribution < 1.29 is 28.3 Å². The summed E-state index contributed by atoms with van der Waals surface area (Å²) in [6.45, 7) is 4.01. The van der Waals surface area contributed by atoms with Gasteiger partial charge in [0.25, 0.3) is 0 Å². The molecule has 0 aromatic rings. The fourth-order valence-corrected chi connectivity index (χ4v) is 2.16. The van der Waals surface area contributed by atoms with Gasteiger partial charge in [0.2, 0.25) is 0 Å². The molecule has 0 spiro atoms. The number of hydrogen-bond acceptors (Lipinski definition) is 5. The summed E-state index contributed by atoms with van der Waals surface area (Å²) in [5, 5.41) is 8.21. The van der Waals surface area contributed by atoms with Gasteiger partial charge in [0.1, 0.15) is 0 Å². The molecule has 18 heavy (non-hydrogen) atoms. The van der Waals surface area contributed by atoms with E-state index in [9.17, 15) is 9.00 Å². The zero-order valence-electron chi connectivity index (χ0n) is 10.9. The van der Waals surface area contributed by atoms with Gasteiger partial charge in [-0.3, -0.25) is 9.00 Å². The number of carboxylic acid groups (broad SMARTS) is 1. The van der Waals surface area contributed by atoms with Gasteiger partial charge in [-0.15, -0.1) is 0 Å². The van der Waals surface area contributed by atoms with E-state index in [1.54, 1.807) is 14.0 Å². The van der Waals surface area contributed by atoms with E-state index in [-0.39, 0.29) is 11.7 Å². The lowest BCUT2D eigenvalue weighted by atomic mass is 10.3. The number of aliphatic carboxylic acids is 1. The quantitative estimate of drug-likeness (QED) is 0.518. The van der Waals surface area contributed by atoms with Crippen molar-refractivity contribution in [3.8, 4) is 0 Å². The summed E-state index contributed by atoms with van der Waals surface area (Å²) in [6, 6.07) is 0. The predicted octanol–water partition coefficient (Wildman–Crippen LogP) is 0.278. The Balaban J connectivity index is 3.37. The van der Waals surface area contributed by atoms with E-state index in [0.29, 0.717) is 38.8 Å². The summed E-state index contributed by atoms with van der Waals surface area (Å²) in [7, 11) is 0.442. The van der Waals surface area contributed by atoms with Crippen LogP contribution in [0.5, 0.6) is 0 Å². The largest absolute Gasteiger partial charge is 0.481 e. The Morgan fingerprint density at radius 2 is 1.72 bits per heavy atom. The van der Waals surface area contributed by atoms with Crippen LogP contribution in [-0.2, 0) is 29.8 Å². The molecule has 0 aliphatic carbocycles. The SMILES string of the molecule is COCCOCCOCCS(=O)C(C)CC(=O)O. The molecule has 2 unspecified atom stereocenters. The van der Waals surface area contributed by atoms with Gasteiger partial charge in [-0.25, -0.2) is 0 Å². The average molecular weight is 282 g/mol. The minimum absolute atomic E-state index is 0.0766. The van der Waals surface area contributed by atoms with Crippen LogP contribution >= 0.6 is 0 Å². The van der Waals surface area contributed by atoms with Gasteiger partial charge in [-0.2, -0.15) is 0 Å². The lowest BCUT2D eigenvalue weighted by Gasteiger charge is -2.09. The highest BCUT2D eigenvalue weighted by molar-refractivity contribution is 7.85. The first-order valence-corrected chi connectivity index (χ1v) is 7.19. The second kappa shape index (κ2) is 11.6. The molecule has 0 bridgehead atoms. The number of carboxylic acids is 1. The molecule has 0 fully saturated rings. The summed E-state index contributed by atoms with van der Waals surface area (Å²) in [5.74, 6) is -0.574. The molecule has 0 rings (SSSR count). The van der Waals surface area contributed by atoms with Crippen molar-refractivity contribution in [2.45, 2.75) is 18.6 Å². The van der Waals surface area contributed by atoms with Crippen LogP contribution < -0.4 is 0 Å². The highest BCUT2D eigenvalue weighted by Crippen LogP contribution is 2.01. The normalized spacial score (nSPS) is 14.3. The molecule has 0 radical (unpaired) electrons. The van der Waals surface area contributed by atoms with Crippen molar-refractivity contribution >= 4 is 16.8 Å². The van der Waals surface area contributed by atoms with Crippen molar-refractivity contribution in [2.24, 2.45) is 0 Å². The molecule has 2 atom stereocenters. The Labute approximate surface area is 110 Å². The molecule has 6 nitrogen and oxygen atoms in total. The molecule has 0 amide bonds. The van der Waals surface area contributed by atoms with Crippen LogP contribution in [-0.4, -0.2) is 66.4 Å². The first-order valence-electron chi connectivity index (χ1n) is 5.81. The minimum atomic E-state index is -1.16. The predicted molar refractivity (Wildman–Crippen MR) is 68.2 cm³/mol. The number of ether oxygens (including phenoxy) is 3. The zero-order chi connectivity index (χ0) is 13.8. The minimum Gasteiger partial charge on any atom is -0.481 e. The van der Waals surface area contributed by atoms with Crippen molar-refractivity contribution in [3.05, 3.63) is 0 Å². The molecular formula is C11H22O6S. The third-order valence-corrected chi connectivity index (χ3v) is 3.78. The maximum absolute atomic E-state index is 11.6. The van der Waals surface area contributed by atoms with Crippen molar-refractivity contribution in [1.82, 2.24) is 0 Å². The number of rotatable bonds is 12. The molecule has 108 valence electrons. The number of methoxy groups -OCH3 is 1. The molecule has 0 aliphatic rings. The monoisotopic (exact) mass is 282 g/mol. The molecule has 0 aromatic heterocycles. The maximum Gasteiger partial charge on any atom is 0.304 e. The third-order valence-electron chi connectivity index (χ3n) is 2.14. The molecule has 1 N–H and O–H groups in total. The molecule has 0 aliphatic heterocycles. The molecule has 0 heterocycles. The van der Waals surface area contributed by atoms with Gasteiger partial charge in [0, 0.05) is 28.9 Å². The van der Waals surface area contributed by atoms with Crippen LogP contribution in [0.2, 0.25) is 0 Å². The van der Waals surface area contributed by atoms with Crippen molar-refractivity contribution in [1.29, 1.82) is 0 Å². The van der Waals surface area contributed by atoms with Gasteiger partial charge >= 0.3 is 5.97 Å². The van der Waals surface area contributed by atoms with E-state index in [1.807, 2.05) is 0 Å². The maximum atomic E-state index is 11.6. The summed E-state index contributed by atoms with van der Waals surface area (Å²) >= 11 is 0. The molecule has 0 aromatic carbocycles. The van der Waals surface area contributed by atoms with Gasteiger partial charge in [-0.05, 0) is 0 Å². The van der Waals surface area contributed by atoms with Crippen LogP contribution in [0.3, 0.4) is 0 Å². The molecule has 7 heteroatoms. The standard InChI is InChI=1S/C11H22O6S/c1-10(9-11(12)13)18(14)8-7-17-6-5-16-4-3-15-2/h10H,3-9H2,1-2H3,(H,12,13). The van der Waals surface area contributed by atoms with E-state index >= 15 is 0 Å². The van der Waals surface area contributed by atoms with E-state index < -0.39 is 16.8 Å². The van der Waals surface area contributed by atoms with Gasteiger partial charge in [0.05, 0.1) is 39.5 Å². The summed E-state index contributed by atoms with van der Waals surface area (Å²) in [6.07, 6.45) is -0.0766. The van der Waals surface area contributed by atoms with Gasteiger partial charge in [-0.1, -0.05) is 6.92 Å². The van der Waals surface area contributed by atoms with E-state index in [2.05, 4.69) is 0 Å². The Morgan fingerprint density at radius 3 is 2.28 bits per heavy atom. The third kappa shape index (κ3) is 10.6. The van der Waals surface area contributed by atoms with Crippen LogP contribution in [0.15, 0.2) is 0 Å². The topological polar surface area (TPSA) is 82.1 Å².